The lowest BCUT2D eigenvalue weighted by atomic mass is 10.1. The molecule has 0 spiro atoms. The minimum absolute atomic E-state index is 0.0259. The molecule has 0 radical (unpaired) electrons. The highest BCUT2D eigenvalue weighted by molar-refractivity contribution is 7.89. The Labute approximate surface area is 113 Å². The van der Waals surface area contributed by atoms with E-state index in [0.717, 1.165) is 12.8 Å². The Hall–Kier alpha value is -1.42. The van der Waals surface area contributed by atoms with E-state index in [1.807, 2.05) is 6.07 Å². The summed E-state index contributed by atoms with van der Waals surface area (Å²) < 4.78 is 26.9. The zero-order valence-electron chi connectivity index (χ0n) is 10.8. The summed E-state index contributed by atoms with van der Waals surface area (Å²) in [4.78, 5) is 0.0259. The van der Waals surface area contributed by atoms with Crippen LogP contribution in [0.15, 0.2) is 23.1 Å². The molecule has 1 unspecified atom stereocenters. The van der Waals surface area contributed by atoms with Crippen LogP contribution in [0.4, 0.5) is 0 Å². The van der Waals surface area contributed by atoms with Gasteiger partial charge in [0.1, 0.15) is 6.07 Å². The molecule has 19 heavy (non-hydrogen) atoms. The number of nitriles is 1. The average molecular weight is 279 g/mol. The van der Waals surface area contributed by atoms with Crippen molar-refractivity contribution in [1.29, 1.82) is 5.26 Å². The summed E-state index contributed by atoms with van der Waals surface area (Å²) >= 11 is 0. The van der Waals surface area contributed by atoms with Crippen LogP contribution in [0.25, 0.3) is 0 Å². The first-order valence-corrected chi connectivity index (χ1v) is 7.69. The fourth-order valence-corrected chi connectivity index (χ4v) is 3.28. The molecular formula is C13H17N3O2S. The molecule has 1 aliphatic rings. The van der Waals surface area contributed by atoms with Gasteiger partial charge in [-0.25, -0.2) is 13.1 Å². The van der Waals surface area contributed by atoms with Crippen molar-refractivity contribution in [2.75, 3.05) is 6.54 Å². The van der Waals surface area contributed by atoms with E-state index in [4.69, 9.17) is 11.0 Å². The molecule has 3 N–H and O–H groups in total. The lowest BCUT2D eigenvalue weighted by Gasteiger charge is -2.13. The van der Waals surface area contributed by atoms with Crippen LogP contribution in [0.3, 0.4) is 0 Å². The Morgan fingerprint density at radius 3 is 2.79 bits per heavy atom. The summed E-state index contributed by atoms with van der Waals surface area (Å²) in [5.74, 6) is 0.427. The highest BCUT2D eigenvalue weighted by atomic mass is 32.2. The van der Waals surface area contributed by atoms with Gasteiger partial charge in [-0.15, -0.1) is 0 Å². The topological polar surface area (TPSA) is 96.0 Å². The number of sulfonamides is 1. The smallest absolute Gasteiger partial charge is 0.241 e. The predicted octanol–water partition coefficient (Wildman–Crippen LogP) is 0.882. The van der Waals surface area contributed by atoms with Crippen molar-refractivity contribution in [3.8, 4) is 6.07 Å². The van der Waals surface area contributed by atoms with Crippen molar-refractivity contribution in [3.05, 3.63) is 29.3 Å². The summed E-state index contributed by atoms with van der Waals surface area (Å²) in [5, 5.41) is 9.07. The van der Waals surface area contributed by atoms with Crippen LogP contribution >= 0.6 is 0 Å². The second kappa shape index (κ2) is 5.29. The molecule has 0 bridgehead atoms. The van der Waals surface area contributed by atoms with Crippen molar-refractivity contribution in [2.24, 2.45) is 11.7 Å². The van der Waals surface area contributed by atoms with Gasteiger partial charge in [0.05, 0.1) is 10.5 Å². The summed E-state index contributed by atoms with van der Waals surface area (Å²) in [6.45, 7) is 1.93. The van der Waals surface area contributed by atoms with Crippen molar-refractivity contribution < 1.29 is 8.42 Å². The quantitative estimate of drug-likeness (QED) is 0.836. The van der Waals surface area contributed by atoms with Crippen molar-refractivity contribution >= 4 is 10.0 Å². The molecule has 1 saturated carbocycles. The number of nitrogens with two attached hydrogens (primary N) is 1. The molecule has 102 valence electrons. The van der Waals surface area contributed by atoms with Gasteiger partial charge in [0, 0.05) is 12.6 Å². The third kappa shape index (κ3) is 3.13. The van der Waals surface area contributed by atoms with Gasteiger partial charge in [-0.1, -0.05) is 12.1 Å². The van der Waals surface area contributed by atoms with Gasteiger partial charge in [0.15, 0.2) is 0 Å². The summed E-state index contributed by atoms with van der Waals surface area (Å²) in [6, 6.07) is 6.58. The molecular weight excluding hydrogens is 262 g/mol. The minimum Gasteiger partial charge on any atom is -0.326 e. The van der Waals surface area contributed by atoms with Gasteiger partial charge >= 0.3 is 0 Å². The van der Waals surface area contributed by atoms with Gasteiger partial charge in [-0.2, -0.15) is 5.26 Å². The molecule has 1 fully saturated rings. The third-order valence-electron chi connectivity index (χ3n) is 3.37. The van der Waals surface area contributed by atoms with Crippen LogP contribution in [0.5, 0.6) is 0 Å². The van der Waals surface area contributed by atoms with E-state index >= 15 is 0 Å². The van der Waals surface area contributed by atoms with Gasteiger partial charge < -0.3 is 5.73 Å². The average Bonchev–Trinajstić information content (AvgIpc) is 3.20. The zero-order chi connectivity index (χ0) is 14.0. The first kappa shape index (κ1) is 14.0. The normalized spacial score (nSPS) is 16.9. The monoisotopic (exact) mass is 279 g/mol. The van der Waals surface area contributed by atoms with E-state index in [1.165, 1.54) is 6.07 Å². The van der Waals surface area contributed by atoms with E-state index in [-0.39, 0.29) is 23.0 Å². The fraction of sp³-hybridized carbons (Fsp3) is 0.462. The Morgan fingerprint density at radius 1 is 1.53 bits per heavy atom. The molecule has 1 aromatic carbocycles. The largest absolute Gasteiger partial charge is 0.326 e. The standard InChI is InChI=1S/C13H17N3O2S/c1-9-3-2-4-13(11(9)7-14)19(17,18)16-8-12(15)10-5-6-10/h2-4,10,12,16H,5-6,8,15H2,1H3. The molecule has 5 nitrogen and oxygen atoms in total. The Balaban J connectivity index is 2.19. The van der Waals surface area contributed by atoms with Gasteiger partial charge in [-0.05, 0) is 37.3 Å². The highest BCUT2D eigenvalue weighted by Gasteiger charge is 2.29. The second-order valence-electron chi connectivity index (χ2n) is 4.91. The molecule has 2 rings (SSSR count). The maximum absolute atomic E-state index is 12.2. The van der Waals surface area contributed by atoms with Crippen molar-refractivity contribution in [3.63, 3.8) is 0 Å². The zero-order valence-corrected chi connectivity index (χ0v) is 11.6. The summed E-state index contributed by atoms with van der Waals surface area (Å²) in [7, 11) is -3.68. The lowest BCUT2D eigenvalue weighted by molar-refractivity contribution is 0.547. The number of nitrogens with one attached hydrogen (secondary N) is 1. The molecule has 0 aromatic heterocycles. The molecule has 1 aromatic rings. The molecule has 0 heterocycles. The van der Waals surface area contributed by atoms with E-state index < -0.39 is 10.0 Å². The molecule has 6 heteroatoms. The number of aryl methyl sites for hydroxylation is 1. The summed E-state index contributed by atoms with van der Waals surface area (Å²) in [6.07, 6.45) is 2.13. The van der Waals surface area contributed by atoms with Gasteiger partial charge in [0.25, 0.3) is 0 Å². The molecule has 1 atom stereocenters. The lowest BCUT2D eigenvalue weighted by Crippen LogP contribution is -2.38. The maximum atomic E-state index is 12.2. The van der Waals surface area contributed by atoms with Crippen molar-refractivity contribution in [2.45, 2.75) is 30.7 Å². The first-order valence-electron chi connectivity index (χ1n) is 6.20. The number of hydrogen-bond acceptors (Lipinski definition) is 4. The Bertz CT molecular complexity index is 615. The third-order valence-corrected chi connectivity index (χ3v) is 4.84. The Kier molecular flexibility index (Phi) is 3.90. The molecule has 0 amide bonds. The Morgan fingerprint density at radius 2 is 2.21 bits per heavy atom. The van der Waals surface area contributed by atoms with Gasteiger partial charge in [0.2, 0.25) is 10.0 Å². The van der Waals surface area contributed by atoms with Crippen LogP contribution in [0.2, 0.25) is 0 Å². The molecule has 1 aliphatic carbocycles. The molecule has 0 aliphatic heterocycles. The SMILES string of the molecule is Cc1cccc(S(=O)(=O)NCC(N)C2CC2)c1C#N. The first-order chi connectivity index (χ1) is 8.95. The predicted molar refractivity (Wildman–Crippen MR) is 71.8 cm³/mol. The summed E-state index contributed by atoms with van der Waals surface area (Å²) in [5.41, 5.74) is 6.71. The molecule has 0 saturated heterocycles. The number of hydrogen-bond donors (Lipinski definition) is 2. The van der Waals surface area contributed by atoms with Crippen LogP contribution < -0.4 is 10.5 Å². The second-order valence-corrected chi connectivity index (χ2v) is 6.65. The minimum atomic E-state index is -3.68. The van der Waals surface area contributed by atoms with Crippen LogP contribution in [0.1, 0.15) is 24.0 Å². The highest BCUT2D eigenvalue weighted by Crippen LogP contribution is 2.31. The van der Waals surface area contributed by atoms with E-state index in [1.54, 1.807) is 19.1 Å². The fourth-order valence-electron chi connectivity index (χ4n) is 1.98. The van der Waals surface area contributed by atoms with E-state index in [2.05, 4.69) is 4.72 Å². The number of nitrogens with zero attached hydrogens (tertiary/aromatic N) is 1. The van der Waals surface area contributed by atoms with E-state index in [9.17, 15) is 8.42 Å². The van der Waals surface area contributed by atoms with Crippen molar-refractivity contribution in [1.82, 2.24) is 4.72 Å². The number of rotatable bonds is 5. The van der Waals surface area contributed by atoms with Gasteiger partial charge in [-0.3, -0.25) is 0 Å². The number of benzene rings is 1. The maximum Gasteiger partial charge on any atom is 0.241 e. The van der Waals surface area contributed by atoms with Crippen LogP contribution in [-0.4, -0.2) is 21.0 Å². The van der Waals surface area contributed by atoms with Crippen LogP contribution in [-0.2, 0) is 10.0 Å². The van der Waals surface area contributed by atoms with Crippen LogP contribution in [0, 0.1) is 24.2 Å². The van der Waals surface area contributed by atoms with E-state index in [0.29, 0.717) is 11.5 Å².